The molecule has 0 aliphatic carbocycles. The lowest BCUT2D eigenvalue weighted by Gasteiger charge is -2.06. The SMILES string of the molecule is CC(CN)c1coc(-c2cccc(C(F)(F)F)c2)n1. The fraction of sp³-hybridized carbons (Fsp3) is 0.308. The summed E-state index contributed by atoms with van der Waals surface area (Å²) in [6, 6.07) is 4.88. The third kappa shape index (κ3) is 2.96. The number of nitrogens with zero attached hydrogens (tertiary/aromatic N) is 1. The Morgan fingerprint density at radius 2 is 2.11 bits per heavy atom. The van der Waals surface area contributed by atoms with Gasteiger partial charge in [0.05, 0.1) is 11.3 Å². The normalized spacial score (nSPS) is 13.5. The van der Waals surface area contributed by atoms with Crippen LogP contribution in [0.25, 0.3) is 11.5 Å². The Morgan fingerprint density at radius 3 is 2.74 bits per heavy atom. The van der Waals surface area contributed by atoms with Crippen molar-refractivity contribution in [3.63, 3.8) is 0 Å². The molecule has 0 fully saturated rings. The maximum atomic E-state index is 12.6. The minimum Gasteiger partial charge on any atom is -0.444 e. The molecule has 1 aromatic heterocycles. The number of hydrogen-bond donors (Lipinski definition) is 1. The zero-order valence-corrected chi connectivity index (χ0v) is 10.2. The van der Waals surface area contributed by atoms with Crippen LogP contribution in [0, 0.1) is 0 Å². The molecule has 0 aliphatic rings. The first-order valence-corrected chi connectivity index (χ1v) is 5.75. The van der Waals surface area contributed by atoms with Crippen LogP contribution in [-0.2, 0) is 6.18 Å². The van der Waals surface area contributed by atoms with E-state index in [9.17, 15) is 13.2 Å². The van der Waals surface area contributed by atoms with Crippen LogP contribution in [0.5, 0.6) is 0 Å². The van der Waals surface area contributed by atoms with Crippen molar-refractivity contribution in [1.82, 2.24) is 4.98 Å². The molecule has 0 bridgehead atoms. The molecule has 6 heteroatoms. The Bertz CT molecular complexity index is 563. The minimum atomic E-state index is -4.38. The molecule has 1 heterocycles. The fourth-order valence-corrected chi connectivity index (χ4v) is 1.59. The Morgan fingerprint density at radius 1 is 1.37 bits per heavy atom. The van der Waals surface area contributed by atoms with Crippen LogP contribution in [0.3, 0.4) is 0 Å². The molecule has 2 rings (SSSR count). The third-order valence-corrected chi connectivity index (χ3v) is 2.82. The van der Waals surface area contributed by atoms with E-state index >= 15 is 0 Å². The number of hydrogen-bond acceptors (Lipinski definition) is 3. The summed E-state index contributed by atoms with van der Waals surface area (Å²) in [5.41, 5.74) is 5.71. The summed E-state index contributed by atoms with van der Waals surface area (Å²) in [7, 11) is 0. The van der Waals surface area contributed by atoms with Gasteiger partial charge >= 0.3 is 6.18 Å². The van der Waals surface area contributed by atoms with E-state index in [4.69, 9.17) is 10.2 Å². The molecule has 0 amide bonds. The fourth-order valence-electron chi connectivity index (χ4n) is 1.59. The van der Waals surface area contributed by atoms with Gasteiger partial charge in [0.25, 0.3) is 0 Å². The highest BCUT2D eigenvalue weighted by atomic mass is 19.4. The Balaban J connectivity index is 2.34. The first kappa shape index (κ1) is 13.6. The maximum absolute atomic E-state index is 12.6. The highest BCUT2D eigenvalue weighted by Gasteiger charge is 2.30. The molecule has 2 aromatic rings. The minimum absolute atomic E-state index is 0.00305. The summed E-state index contributed by atoms with van der Waals surface area (Å²) < 4.78 is 43.0. The highest BCUT2D eigenvalue weighted by molar-refractivity contribution is 5.55. The Hall–Kier alpha value is -1.82. The van der Waals surface area contributed by atoms with Crippen molar-refractivity contribution in [3.05, 3.63) is 41.8 Å². The lowest BCUT2D eigenvalue weighted by atomic mass is 10.1. The zero-order valence-electron chi connectivity index (χ0n) is 10.2. The Labute approximate surface area is 108 Å². The summed E-state index contributed by atoms with van der Waals surface area (Å²) in [5.74, 6) is 0.171. The van der Waals surface area contributed by atoms with E-state index in [1.165, 1.54) is 18.4 Å². The molecule has 1 aromatic carbocycles. The van der Waals surface area contributed by atoms with E-state index in [2.05, 4.69) is 4.98 Å². The smallest absolute Gasteiger partial charge is 0.416 e. The number of oxazole rings is 1. The number of rotatable bonds is 3. The number of nitrogens with two attached hydrogens (primary N) is 1. The molecule has 0 aliphatic heterocycles. The zero-order chi connectivity index (χ0) is 14.0. The maximum Gasteiger partial charge on any atom is 0.416 e. The van der Waals surface area contributed by atoms with Crippen LogP contribution in [-0.4, -0.2) is 11.5 Å². The number of halogens is 3. The first-order valence-electron chi connectivity index (χ1n) is 5.75. The van der Waals surface area contributed by atoms with Gasteiger partial charge < -0.3 is 10.2 Å². The molecular weight excluding hydrogens is 257 g/mol. The quantitative estimate of drug-likeness (QED) is 0.929. The second-order valence-corrected chi connectivity index (χ2v) is 4.29. The Kier molecular flexibility index (Phi) is 3.61. The molecule has 19 heavy (non-hydrogen) atoms. The molecule has 0 spiro atoms. The number of benzene rings is 1. The molecule has 0 saturated heterocycles. The van der Waals surface area contributed by atoms with E-state index in [0.29, 0.717) is 17.8 Å². The van der Waals surface area contributed by atoms with Gasteiger partial charge in [-0.15, -0.1) is 0 Å². The van der Waals surface area contributed by atoms with E-state index in [1.54, 1.807) is 0 Å². The summed E-state index contributed by atoms with van der Waals surface area (Å²) in [6.07, 6.45) is -2.96. The number of aromatic nitrogens is 1. The monoisotopic (exact) mass is 270 g/mol. The van der Waals surface area contributed by atoms with E-state index in [1.807, 2.05) is 6.92 Å². The molecule has 1 atom stereocenters. The molecule has 3 nitrogen and oxygen atoms in total. The highest BCUT2D eigenvalue weighted by Crippen LogP contribution is 2.32. The molecule has 102 valence electrons. The van der Waals surface area contributed by atoms with Crippen LogP contribution < -0.4 is 5.73 Å². The average molecular weight is 270 g/mol. The van der Waals surface area contributed by atoms with Gasteiger partial charge in [-0.25, -0.2) is 4.98 Å². The van der Waals surface area contributed by atoms with Crippen molar-refractivity contribution >= 4 is 0 Å². The van der Waals surface area contributed by atoms with Crippen molar-refractivity contribution in [2.75, 3.05) is 6.54 Å². The van der Waals surface area contributed by atoms with Gasteiger partial charge in [0, 0.05) is 18.0 Å². The summed E-state index contributed by atoms with van der Waals surface area (Å²) in [5, 5.41) is 0. The van der Waals surface area contributed by atoms with Crippen molar-refractivity contribution in [2.24, 2.45) is 5.73 Å². The largest absolute Gasteiger partial charge is 0.444 e. The standard InChI is InChI=1S/C13H13F3N2O/c1-8(6-17)11-7-19-12(18-11)9-3-2-4-10(5-9)13(14,15)16/h2-5,7-8H,6,17H2,1H3. The third-order valence-electron chi connectivity index (χ3n) is 2.82. The topological polar surface area (TPSA) is 52.0 Å². The number of alkyl halides is 3. The van der Waals surface area contributed by atoms with Gasteiger partial charge in [0.1, 0.15) is 6.26 Å². The van der Waals surface area contributed by atoms with Crippen molar-refractivity contribution in [1.29, 1.82) is 0 Å². The van der Waals surface area contributed by atoms with E-state index in [-0.39, 0.29) is 11.8 Å². The van der Waals surface area contributed by atoms with Gasteiger partial charge in [-0.1, -0.05) is 13.0 Å². The molecular formula is C13H13F3N2O. The second kappa shape index (κ2) is 5.05. The summed E-state index contributed by atoms with van der Waals surface area (Å²) >= 11 is 0. The van der Waals surface area contributed by atoms with Crippen molar-refractivity contribution < 1.29 is 17.6 Å². The second-order valence-electron chi connectivity index (χ2n) is 4.29. The van der Waals surface area contributed by atoms with Crippen molar-refractivity contribution in [2.45, 2.75) is 19.0 Å². The predicted octanol–water partition coefficient (Wildman–Crippen LogP) is 3.42. The van der Waals surface area contributed by atoms with Gasteiger partial charge in [0.2, 0.25) is 5.89 Å². The van der Waals surface area contributed by atoms with Crippen molar-refractivity contribution in [3.8, 4) is 11.5 Å². The van der Waals surface area contributed by atoms with E-state index in [0.717, 1.165) is 12.1 Å². The lowest BCUT2D eigenvalue weighted by Crippen LogP contribution is -2.09. The van der Waals surface area contributed by atoms with Crippen LogP contribution in [0.1, 0.15) is 24.1 Å². The molecule has 0 saturated carbocycles. The van der Waals surface area contributed by atoms with Crippen LogP contribution in [0.2, 0.25) is 0 Å². The molecule has 0 radical (unpaired) electrons. The molecule has 1 unspecified atom stereocenters. The van der Waals surface area contributed by atoms with Crippen LogP contribution in [0.15, 0.2) is 34.9 Å². The lowest BCUT2D eigenvalue weighted by molar-refractivity contribution is -0.137. The predicted molar refractivity (Wildman–Crippen MR) is 64.4 cm³/mol. The van der Waals surface area contributed by atoms with Crippen LogP contribution >= 0.6 is 0 Å². The summed E-state index contributed by atoms with van der Waals surface area (Å²) in [4.78, 5) is 4.16. The van der Waals surface area contributed by atoms with Crippen LogP contribution in [0.4, 0.5) is 13.2 Å². The van der Waals surface area contributed by atoms with Gasteiger partial charge in [0.15, 0.2) is 0 Å². The average Bonchev–Trinajstić information content (AvgIpc) is 2.86. The molecule has 2 N–H and O–H groups in total. The van der Waals surface area contributed by atoms with Gasteiger partial charge in [-0.3, -0.25) is 0 Å². The van der Waals surface area contributed by atoms with Gasteiger partial charge in [-0.05, 0) is 18.2 Å². The van der Waals surface area contributed by atoms with Gasteiger partial charge in [-0.2, -0.15) is 13.2 Å². The van der Waals surface area contributed by atoms with E-state index < -0.39 is 11.7 Å². The summed E-state index contributed by atoms with van der Waals surface area (Å²) in [6.45, 7) is 2.27. The first-order chi connectivity index (χ1) is 8.91.